The largest absolute Gasteiger partial charge is 0.490 e. The van der Waals surface area contributed by atoms with Crippen molar-refractivity contribution < 1.29 is 4.74 Å². The third-order valence-electron chi connectivity index (χ3n) is 2.52. The highest BCUT2D eigenvalue weighted by atomic mass is 32.1. The van der Waals surface area contributed by atoms with Crippen LogP contribution in [0.15, 0.2) is 35.7 Å². The molecule has 0 radical (unpaired) electrons. The van der Waals surface area contributed by atoms with Crippen LogP contribution in [0.3, 0.4) is 0 Å². The molecular weight excluding hydrogens is 246 g/mol. The van der Waals surface area contributed by atoms with E-state index in [-0.39, 0.29) is 0 Å². The number of hydrogen-bond donors (Lipinski definition) is 3. The van der Waals surface area contributed by atoms with Crippen LogP contribution < -0.4 is 21.5 Å². The minimum Gasteiger partial charge on any atom is -0.490 e. The van der Waals surface area contributed by atoms with Crippen LogP contribution >= 0.6 is 11.3 Å². The second-order valence-electron chi connectivity index (χ2n) is 3.86. The highest BCUT2D eigenvalue weighted by molar-refractivity contribution is 7.09. The number of benzene rings is 1. The zero-order chi connectivity index (χ0) is 12.8. The second kappa shape index (κ2) is 6.28. The molecule has 1 aromatic heterocycles. The SMILES string of the molecule is Nc1cccc(OCCNCc2cccs2)c1N. The van der Waals surface area contributed by atoms with Crippen molar-refractivity contribution in [1.82, 2.24) is 5.32 Å². The average Bonchev–Trinajstić information content (AvgIpc) is 2.87. The summed E-state index contributed by atoms with van der Waals surface area (Å²) in [6.07, 6.45) is 0. The van der Waals surface area contributed by atoms with Crippen LogP contribution in [0, 0.1) is 0 Å². The second-order valence-corrected chi connectivity index (χ2v) is 4.90. The van der Waals surface area contributed by atoms with Crippen molar-refractivity contribution in [1.29, 1.82) is 0 Å². The first kappa shape index (κ1) is 12.7. The first-order valence-electron chi connectivity index (χ1n) is 5.77. The molecule has 0 saturated heterocycles. The number of para-hydroxylation sites is 1. The lowest BCUT2D eigenvalue weighted by Crippen LogP contribution is -2.20. The fourth-order valence-corrected chi connectivity index (χ4v) is 2.22. The summed E-state index contributed by atoms with van der Waals surface area (Å²) in [5, 5.41) is 5.38. The first-order valence-corrected chi connectivity index (χ1v) is 6.65. The minimum atomic E-state index is 0.510. The molecule has 0 atom stereocenters. The lowest BCUT2D eigenvalue weighted by Gasteiger charge is -2.10. The molecule has 0 aliphatic carbocycles. The van der Waals surface area contributed by atoms with Gasteiger partial charge in [-0.3, -0.25) is 0 Å². The summed E-state index contributed by atoms with van der Waals surface area (Å²) in [7, 11) is 0. The summed E-state index contributed by atoms with van der Waals surface area (Å²) in [5.41, 5.74) is 12.6. The van der Waals surface area contributed by atoms with E-state index in [2.05, 4.69) is 16.8 Å². The van der Waals surface area contributed by atoms with E-state index < -0.39 is 0 Å². The lowest BCUT2D eigenvalue weighted by atomic mass is 10.2. The topological polar surface area (TPSA) is 73.3 Å². The molecule has 2 rings (SSSR count). The molecule has 0 unspecified atom stereocenters. The molecule has 0 fully saturated rings. The molecule has 1 aromatic carbocycles. The molecule has 0 aliphatic rings. The van der Waals surface area contributed by atoms with E-state index in [0.717, 1.165) is 13.1 Å². The maximum Gasteiger partial charge on any atom is 0.144 e. The summed E-state index contributed by atoms with van der Waals surface area (Å²) in [6, 6.07) is 9.57. The Balaban J connectivity index is 1.70. The Morgan fingerprint density at radius 3 is 2.83 bits per heavy atom. The quantitative estimate of drug-likeness (QED) is 0.551. The Labute approximate surface area is 111 Å². The van der Waals surface area contributed by atoms with Gasteiger partial charge in [0.1, 0.15) is 12.4 Å². The van der Waals surface area contributed by atoms with Gasteiger partial charge in [-0.15, -0.1) is 11.3 Å². The maximum absolute atomic E-state index is 5.81. The van der Waals surface area contributed by atoms with Crippen LogP contribution in [0.2, 0.25) is 0 Å². The summed E-state index contributed by atoms with van der Waals surface area (Å²) in [5.74, 6) is 0.646. The van der Waals surface area contributed by atoms with E-state index in [1.165, 1.54) is 4.88 Å². The van der Waals surface area contributed by atoms with E-state index in [1.807, 2.05) is 18.2 Å². The lowest BCUT2D eigenvalue weighted by molar-refractivity contribution is 0.315. The van der Waals surface area contributed by atoms with Crippen molar-refractivity contribution in [3.05, 3.63) is 40.6 Å². The molecule has 2 aromatic rings. The van der Waals surface area contributed by atoms with Gasteiger partial charge < -0.3 is 21.5 Å². The molecule has 0 amide bonds. The fourth-order valence-electron chi connectivity index (χ4n) is 1.54. The molecule has 5 heteroatoms. The standard InChI is InChI=1S/C13H17N3OS/c14-11-4-1-5-12(13(11)15)17-7-6-16-9-10-3-2-8-18-10/h1-5,8,16H,6-7,9,14-15H2. The number of thiophene rings is 1. The van der Waals surface area contributed by atoms with Gasteiger partial charge in [0.25, 0.3) is 0 Å². The van der Waals surface area contributed by atoms with E-state index in [0.29, 0.717) is 23.7 Å². The summed E-state index contributed by atoms with van der Waals surface area (Å²) in [6.45, 7) is 2.21. The molecule has 0 bridgehead atoms. The van der Waals surface area contributed by atoms with E-state index >= 15 is 0 Å². The van der Waals surface area contributed by atoms with Gasteiger partial charge in [-0.25, -0.2) is 0 Å². The molecule has 0 aliphatic heterocycles. The monoisotopic (exact) mass is 263 g/mol. The number of hydrogen-bond acceptors (Lipinski definition) is 5. The van der Waals surface area contributed by atoms with Crippen LogP contribution in [0.5, 0.6) is 5.75 Å². The highest BCUT2D eigenvalue weighted by Crippen LogP contribution is 2.26. The van der Waals surface area contributed by atoms with Gasteiger partial charge in [0.15, 0.2) is 0 Å². The average molecular weight is 263 g/mol. The number of rotatable bonds is 6. The normalized spacial score (nSPS) is 10.4. The molecule has 0 spiro atoms. The molecule has 4 nitrogen and oxygen atoms in total. The van der Waals surface area contributed by atoms with Gasteiger partial charge in [-0.2, -0.15) is 0 Å². The van der Waals surface area contributed by atoms with Gasteiger partial charge in [0.05, 0.1) is 11.4 Å². The Bertz CT molecular complexity index is 485. The maximum atomic E-state index is 5.81. The van der Waals surface area contributed by atoms with Crippen LogP contribution in [-0.2, 0) is 6.54 Å². The molecule has 96 valence electrons. The van der Waals surface area contributed by atoms with Crippen molar-refractivity contribution in [3.8, 4) is 5.75 Å². The zero-order valence-corrected chi connectivity index (χ0v) is 10.9. The predicted octanol–water partition coefficient (Wildman–Crippen LogP) is 2.08. The van der Waals surface area contributed by atoms with E-state index in [4.69, 9.17) is 16.2 Å². The summed E-state index contributed by atoms with van der Waals surface area (Å²) >= 11 is 1.74. The summed E-state index contributed by atoms with van der Waals surface area (Å²) < 4.78 is 5.57. The van der Waals surface area contributed by atoms with Gasteiger partial charge in [-0.1, -0.05) is 12.1 Å². The highest BCUT2D eigenvalue weighted by Gasteiger charge is 2.02. The van der Waals surface area contributed by atoms with Crippen molar-refractivity contribution in [3.63, 3.8) is 0 Å². The number of nitrogen functional groups attached to an aromatic ring is 2. The number of ether oxygens (including phenoxy) is 1. The number of anilines is 2. The van der Waals surface area contributed by atoms with Crippen molar-refractivity contribution in [2.24, 2.45) is 0 Å². The third kappa shape index (κ3) is 3.38. The zero-order valence-electron chi connectivity index (χ0n) is 10.1. The third-order valence-corrected chi connectivity index (χ3v) is 3.39. The van der Waals surface area contributed by atoms with Gasteiger partial charge in [0, 0.05) is 18.0 Å². The molecule has 0 saturated carbocycles. The van der Waals surface area contributed by atoms with Gasteiger partial charge in [0.2, 0.25) is 0 Å². The smallest absolute Gasteiger partial charge is 0.144 e. The molecule has 1 heterocycles. The van der Waals surface area contributed by atoms with Gasteiger partial charge >= 0.3 is 0 Å². The van der Waals surface area contributed by atoms with Crippen LogP contribution in [0.4, 0.5) is 11.4 Å². The van der Waals surface area contributed by atoms with Gasteiger partial charge in [-0.05, 0) is 23.6 Å². The minimum absolute atomic E-state index is 0.510. The van der Waals surface area contributed by atoms with Crippen molar-refractivity contribution in [2.45, 2.75) is 6.54 Å². The Morgan fingerprint density at radius 1 is 1.17 bits per heavy atom. The Morgan fingerprint density at radius 2 is 2.06 bits per heavy atom. The number of nitrogens with one attached hydrogen (secondary N) is 1. The Kier molecular flexibility index (Phi) is 4.44. The molecule has 5 N–H and O–H groups in total. The fraction of sp³-hybridized carbons (Fsp3) is 0.231. The van der Waals surface area contributed by atoms with E-state index in [9.17, 15) is 0 Å². The van der Waals surface area contributed by atoms with Crippen LogP contribution in [0.1, 0.15) is 4.88 Å². The van der Waals surface area contributed by atoms with E-state index in [1.54, 1.807) is 17.4 Å². The first-order chi connectivity index (χ1) is 8.77. The van der Waals surface area contributed by atoms with Crippen molar-refractivity contribution in [2.75, 3.05) is 24.6 Å². The number of nitrogens with two attached hydrogens (primary N) is 2. The summed E-state index contributed by atoms with van der Waals surface area (Å²) in [4.78, 5) is 1.32. The van der Waals surface area contributed by atoms with Crippen LogP contribution in [0.25, 0.3) is 0 Å². The Hall–Kier alpha value is -1.72. The predicted molar refractivity (Wildman–Crippen MR) is 76.8 cm³/mol. The van der Waals surface area contributed by atoms with Crippen LogP contribution in [-0.4, -0.2) is 13.2 Å². The molecule has 18 heavy (non-hydrogen) atoms. The van der Waals surface area contributed by atoms with Crippen molar-refractivity contribution >= 4 is 22.7 Å². The molecular formula is C13H17N3OS.